The summed E-state index contributed by atoms with van der Waals surface area (Å²) in [5.74, 6) is 0. The summed E-state index contributed by atoms with van der Waals surface area (Å²) in [5.41, 5.74) is 3.99. The lowest BCUT2D eigenvalue weighted by Gasteiger charge is -1.95. The van der Waals surface area contributed by atoms with Crippen molar-refractivity contribution in [2.75, 3.05) is 0 Å². The van der Waals surface area contributed by atoms with Crippen molar-refractivity contribution in [3.63, 3.8) is 0 Å². The summed E-state index contributed by atoms with van der Waals surface area (Å²) in [4.78, 5) is 6.74. The fourth-order valence-electron chi connectivity index (χ4n) is 1.46. The van der Waals surface area contributed by atoms with Crippen molar-refractivity contribution in [2.24, 2.45) is 0 Å². The fourth-order valence-corrected chi connectivity index (χ4v) is 1.46. The molecule has 0 saturated heterocycles. The summed E-state index contributed by atoms with van der Waals surface area (Å²) < 4.78 is 0. The van der Waals surface area contributed by atoms with Crippen molar-refractivity contribution >= 4 is 11.0 Å². The van der Waals surface area contributed by atoms with Gasteiger partial charge in [0.1, 0.15) is 0 Å². The predicted octanol–water partition coefficient (Wildman–Crippen LogP) is 1.89. The minimum Gasteiger partial charge on any atom is -0.480 e. The van der Waals surface area contributed by atoms with Gasteiger partial charge in [0.25, 0.3) is 6.01 Å². The molecule has 0 bridgehead atoms. The van der Waals surface area contributed by atoms with Crippen LogP contribution in [-0.4, -0.2) is 15.1 Å². The summed E-state index contributed by atoms with van der Waals surface area (Å²) in [7, 11) is 0. The van der Waals surface area contributed by atoms with Gasteiger partial charge in [-0.1, -0.05) is 6.07 Å². The summed E-state index contributed by atoms with van der Waals surface area (Å²) in [5, 5.41) is 9.10. The second-order valence-corrected chi connectivity index (χ2v) is 3.04. The van der Waals surface area contributed by atoms with Gasteiger partial charge in [-0.3, -0.25) is 0 Å². The Balaban J connectivity index is 2.88. The average molecular weight is 162 g/mol. The molecule has 0 fully saturated rings. The van der Waals surface area contributed by atoms with Gasteiger partial charge in [-0.15, -0.1) is 0 Å². The first-order valence-electron chi connectivity index (χ1n) is 3.83. The summed E-state index contributed by atoms with van der Waals surface area (Å²) in [6.45, 7) is 4.00. The topological polar surface area (TPSA) is 48.9 Å². The molecule has 1 aromatic heterocycles. The molecule has 0 radical (unpaired) electrons. The highest BCUT2D eigenvalue weighted by Crippen LogP contribution is 2.19. The molecule has 3 nitrogen and oxygen atoms in total. The van der Waals surface area contributed by atoms with E-state index in [0.717, 1.165) is 16.6 Å². The highest BCUT2D eigenvalue weighted by molar-refractivity contribution is 5.79. The minimum absolute atomic E-state index is 0.0151. The zero-order valence-electron chi connectivity index (χ0n) is 7.05. The van der Waals surface area contributed by atoms with Crippen molar-refractivity contribution in [3.05, 3.63) is 23.3 Å². The molecule has 2 rings (SSSR count). The number of rotatable bonds is 0. The van der Waals surface area contributed by atoms with E-state index in [1.54, 1.807) is 0 Å². The van der Waals surface area contributed by atoms with Crippen molar-refractivity contribution < 1.29 is 5.11 Å². The van der Waals surface area contributed by atoms with Crippen molar-refractivity contribution in [1.29, 1.82) is 0 Å². The molecule has 0 atom stereocenters. The molecule has 1 aromatic carbocycles. The lowest BCUT2D eigenvalue weighted by Crippen LogP contribution is -1.79. The van der Waals surface area contributed by atoms with Crippen molar-refractivity contribution in [1.82, 2.24) is 9.97 Å². The maximum atomic E-state index is 9.10. The molecule has 3 heteroatoms. The molecule has 0 saturated carbocycles. The molecular weight excluding hydrogens is 152 g/mol. The Bertz CT molecular complexity index is 431. The van der Waals surface area contributed by atoms with E-state index in [4.69, 9.17) is 5.11 Å². The van der Waals surface area contributed by atoms with Gasteiger partial charge >= 0.3 is 0 Å². The quantitative estimate of drug-likeness (QED) is 0.621. The summed E-state index contributed by atoms with van der Waals surface area (Å²) in [6.07, 6.45) is 0. The maximum Gasteiger partial charge on any atom is 0.292 e. The van der Waals surface area contributed by atoms with Crippen LogP contribution in [0.1, 0.15) is 11.1 Å². The number of imidazole rings is 1. The third-order valence-corrected chi connectivity index (χ3v) is 1.91. The highest BCUT2D eigenvalue weighted by Gasteiger charge is 2.03. The Labute approximate surface area is 70.1 Å². The molecule has 0 aliphatic heterocycles. The fraction of sp³-hybridized carbons (Fsp3) is 0.222. The number of hydrogen-bond donors (Lipinski definition) is 2. The molecule has 0 amide bonds. The lowest BCUT2D eigenvalue weighted by atomic mass is 10.1. The van der Waals surface area contributed by atoms with Crippen LogP contribution in [0.5, 0.6) is 6.01 Å². The molecule has 0 aliphatic rings. The van der Waals surface area contributed by atoms with Crippen LogP contribution in [0.15, 0.2) is 12.1 Å². The number of aryl methyl sites for hydroxylation is 2. The van der Waals surface area contributed by atoms with Gasteiger partial charge in [-0.25, -0.2) is 0 Å². The second-order valence-electron chi connectivity index (χ2n) is 3.04. The molecule has 0 aliphatic carbocycles. The van der Waals surface area contributed by atoms with E-state index < -0.39 is 0 Å². The lowest BCUT2D eigenvalue weighted by molar-refractivity contribution is 0.438. The SMILES string of the molecule is Cc1cc(C)c2nc(O)[nH]c2c1. The van der Waals surface area contributed by atoms with E-state index in [-0.39, 0.29) is 6.01 Å². The van der Waals surface area contributed by atoms with Gasteiger partial charge in [0.05, 0.1) is 11.0 Å². The van der Waals surface area contributed by atoms with Gasteiger partial charge < -0.3 is 10.1 Å². The molecule has 2 N–H and O–H groups in total. The van der Waals surface area contributed by atoms with Crippen molar-refractivity contribution in [3.8, 4) is 6.01 Å². The molecule has 2 aromatic rings. The minimum atomic E-state index is -0.0151. The van der Waals surface area contributed by atoms with Crippen LogP contribution in [0.3, 0.4) is 0 Å². The van der Waals surface area contributed by atoms with Crippen LogP contribution in [0.4, 0.5) is 0 Å². The van der Waals surface area contributed by atoms with Crippen LogP contribution in [0, 0.1) is 13.8 Å². The first-order valence-corrected chi connectivity index (χ1v) is 3.83. The second kappa shape index (κ2) is 2.24. The number of aromatic amines is 1. The number of aromatic nitrogens is 2. The Morgan fingerprint density at radius 3 is 2.83 bits per heavy atom. The first kappa shape index (κ1) is 7.16. The van der Waals surface area contributed by atoms with Crippen LogP contribution in [0.2, 0.25) is 0 Å². The number of H-pyrrole nitrogens is 1. The molecule has 12 heavy (non-hydrogen) atoms. The van der Waals surface area contributed by atoms with Gasteiger partial charge in [0.2, 0.25) is 0 Å². The Morgan fingerprint density at radius 1 is 1.33 bits per heavy atom. The monoisotopic (exact) mass is 162 g/mol. The summed E-state index contributed by atoms with van der Waals surface area (Å²) in [6, 6.07) is 4.00. The van der Waals surface area contributed by atoms with E-state index in [1.165, 1.54) is 5.56 Å². The summed E-state index contributed by atoms with van der Waals surface area (Å²) >= 11 is 0. The van der Waals surface area contributed by atoms with Gasteiger partial charge in [-0.2, -0.15) is 4.98 Å². The number of nitrogens with one attached hydrogen (secondary N) is 1. The zero-order valence-corrected chi connectivity index (χ0v) is 7.05. The van der Waals surface area contributed by atoms with Crippen LogP contribution in [0.25, 0.3) is 11.0 Å². The number of aromatic hydroxyl groups is 1. The molecular formula is C9H10N2O. The van der Waals surface area contributed by atoms with E-state index in [2.05, 4.69) is 9.97 Å². The van der Waals surface area contributed by atoms with Gasteiger partial charge in [0, 0.05) is 0 Å². The number of nitrogens with zero attached hydrogens (tertiary/aromatic N) is 1. The molecule has 1 heterocycles. The number of hydrogen-bond acceptors (Lipinski definition) is 2. The largest absolute Gasteiger partial charge is 0.480 e. The maximum absolute atomic E-state index is 9.10. The van der Waals surface area contributed by atoms with E-state index in [9.17, 15) is 0 Å². The molecule has 62 valence electrons. The van der Waals surface area contributed by atoms with Crippen LogP contribution < -0.4 is 0 Å². The normalized spacial score (nSPS) is 10.8. The average Bonchev–Trinajstić information content (AvgIpc) is 2.29. The Hall–Kier alpha value is -1.51. The van der Waals surface area contributed by atoms with Gasteiger partial charge in [-0.05, 0) is 31.0 Å². The Kier molecular flexibility index (Phi) is 1.33. The number of benzene rings is 1. The van der Waals surface area contributed by atoms with Crippen molar-refractivity contribution in [2.45, 2.75) is 13.8 Å². The first-order chi connectivity index (χ1) is 5.66. The van der Waals surface area contributed by atoms with Crippen LogP contribution >= 0.6 is 0 Å². The molecule has 0 unspecified atom stereocenters. The molecule has 0 spiro atoms. The number of fused-ring (bicyclic) bond motifs is 1. The predicted molar refractivity (Wildman–Crippen MR) is 47.2 cm³/mol. The highest BCUT2D eigenvalue weighted by atomic mass is 16.3. The van der Waals surface area contributed by atoms with E-state index in [1.807, 2.05) is 26.0 Å². The van der Waals surface area contributed by atoms with Crippen LogP contribution in [-0.2, 0) is 0 Å². The van der Waals surface area contributed by atoms with E-state index >= 15 is 0 Å². The standard InChI is InChI=1S/C9H10N2O/c1-5-3-6(2)8-7(4-5)10-9(12)11-8/h3-4H,1-2H3,(H2,10,11,12). The third kappa shape index (κ3) is 0.942. The Morgan fingerprint density at radius 2 is 2.08 bits per heavy atom. The van der Waals surface area contributed by atoms with Gasteiger partial charge in [0.15, 0.2) is 0 Å². The smallest absolute Gasteiger partial charge is 0.292 e. The zero-order chi connectivity index (χ0) is 8.72. The third-order valence-electron chi connectivity index (χ3n) is 1.91. The van der Waals surface area contributed by atoms with E-state index in [0.29, 0.717) is 0 Å².